The highest BCUT2D eigenvalue weighted by Gasteiger charge is 2.23. The molecular formula is C13H20N2. The minimum absolute atomic E-state index is 0.630. The smallest absolute Gasteiger partial charge is 0.0392 e. The number of benzene rings is 1. The Morgan fingerprint density at radius 1 is 1.33 bits per heavy atom. The molecule has 2 nitrogen and oxygen atoms in total. The van der Waals surface area contributed by atoms with Crippen LogP contribution in [0.5, 0.6) is 0 Å². The Hall–Kier alpha value is -1.18. The maximum Gasteiger partial charge on any atom is 0.0392 e. The third-order valence-corrected chi connectivity index (χ3v) is 3.46. The van der Waals surface area contributed by atoms with E-state index in [0.29, 0.717) is 6.04 Å². The second-order valence-corrected chi connectivity index (χ2v) is 4.73. The Morgan fingerprint density at radius 2 is 2.13 bits per heavy atom. The fourth-order valence-electron chi connectivity index (χ4n) is 2.35. The molecule has 2 rings (SSSR count). The van der Waals surface area contributed by atoms with E-state index in [0.717, 1.165) is 11.6 Å². The topological polar surface area (TPSA) is 38.0 Å². The van der Waals surface area contributed by atoms with E-state index in [-0.39, 0.29) is 0 Å². The predicted molar refractivity (Wildman–Crippen MR) is 66.0 cm³/mol. The van der Waals surface area contributed by atoms with E-state index in [1.54, 1.807) is 0 Å². The molecule has 0 saturated heterocycles. The molecule has 1 aromatic rings. The molecule has 3 N–H and O–H groups in total. The molecule has 1 aliphatic carbocycles. The van der Waals surface area contributed by atoms with Crippen LogP contribution in [0.25, 0.3) is 0 Å². The van der Waals surface area contributed by atoms with Crippen LogP contribution >= 0.6 is 0 Å². The Labute approximate surface area is 91.9 Å². The lowest BCUT2D eigenvalue weighted by Gasteiger charge is -2.20. The number of rotatable bonds is 2. The van der Waals surface area contributed by atoms with Crippen LogP contribution in [-0.4, -0.2) is 6.04 Å². The summed E-state index contributed by atoms with van der Waals surface area (Å²) in [7, 11) is 0. The van der Waals surface area contributed by atoms with Gasteiger partial charge in [0.15, 0.2) is 0 Å². The van der Waals surface area contributed by atoms with Gasteiger partial charge in [-0.15, -0.1) is 0 Å². The van der Waals surface area contributed by atoms with Gasteiger partial charge in [-0.3, -0.25) is 0 Å². The quantitative estimate of drug-likeness (QED) is 0.726. The highest BCUT2D eigenvalue weighted by molar-refractivity contribution is 5.59. The minimum Gasteiger partial charge on any atom is -0.399 e. The summed E-state index contributed by atoms with van der Waals surface area (Å²) in [6.07, 6.45) is 3.98. The summed E-state index contributed by atoms with van der Waals surface area (Å²) < 4.78 is 0. The molecule has 2 unspecified atom stereocenters. The zero-order chi connectivity index (χ0) is 10.8. The van der Waals surface area contributed by atoms with Gasteiger partial charge >= 0.3 is 0 Å². The first kappa shape index (κ1) is 10.3. The van der Waals surface area contributed by atoms with E-state index in [4.69, 9.17) is 5.73 Å². The molecule has 0 aliphatic heterocycles. The third kappa shape index (κ3) is 2.25. The van der Waals surface area contributed by atoms with Crippen LogP contribution in [0.1, 0.15) is 31.7 Å². The van der Waals surface area contributed by atoms with E-state index in [2.05, 4.69) is 25.2 Å². The number of nitrogen functional groups attached to an aromatic ring is 1. The van der Waals surface area contributed by atoms with Crippen molar-refractivity contribution >= 4 is 11.4 Å². The van der Waals surface area contributed by atoms with Crippen molar-refractivity contribution in [3.8, 4) is 0 Å². The zero-order valence-corrected chi connectivity index (χ0v) is 9.59. The maximum atomic E-state index is 5.80. The van der Waals surface area contributed by atoms with Crippen molar-refractivity contribution in [2.45, 2.75) is 39.2 Å². The van der Waals surface area contributed by atoms with Gasteiger partial charge in [-0.2, -0.15) is 0 Å². The van der Waals surface area contributed by atoms with Crippen LogP contribution in [0.3, 0.4) is 0 Å². The van der Waals surface area contributed by atoms with Crippen molar-refractivity contribution in [3.63, 3.8) is 0 Å². The van der Waals surface area contributed by atoms with Gasteiger partial charge in [0, 0.05) is 17.4 Å². The number of nitrogens with one attached hydrogen (secondary N) is 1. The molecule has 1 saturated carbocycles. The highest BCUT2D eigenvalue weighted by Crippen LogP contribution is 2.29. The molecular weight excluding hydrogens is 184 g/mol. The Bertz CT molecular complexity index is 346. The largest absolute Gasteiger partial charge is 0.399 e. The van der Waals surface area contributed by atoms with Crippen LogP contribution < -0.4 is 11.1 Å². The summed E-state index contributed by atoms with van der Waals surface area (Å²) in [4.78, 5) is 0. The summed E-state index contributed by atoms with van der Waals surface area (Å²) in [5.41, 5.74) is 9.12. The van der Waals surface area contributed by atoms with Gasteiger partial charge in [0.1, 0.15) is 0 Å². The predicted octanol–water partition coefficient (Wildman–Crippen LogP) is 3.18. The summed E-state index contributed by atoms with van der Waals surface area (Å²) in [5, 5.41) is 3.62. The molecule has 0 aromatic heterocycles. The van der Waals surface area contributed by atoms with Gasteiger partial charge in [0.05, 0.1) is 0 Å². The molecule has 0 heterocycles. The lowest BCUT2D eigenvalue weighted by Crippen LogP contribution is -2.22. The minimum atomic E-state index is 0.630. The molecule has 0 spiro atoms. The number of hydrogen-bond acceptors (Lipinski definition) is 2. The van der Waals surface area contributed by atoms with Crippen LogP contribution in [0.4, 0.5) is 11.4 Å². The van der Waals surface area contributed by atoms with Crippen molar-refractivity contribution in [1.82, 2.24) is 0 Å². The first-order valence-corrected chi connectivity index (χ1v) is 5.79. The fraction of sp³-hybridized carbons (Fsp3) is 0.538. The number of nitrogens with two attached hydrogens (primary N) is 1. The van der Waals surface area contributed by atoms with Gasteiger partial charge in [0.2, 0.25) is 0 Å². The van der Waals surface area contributed by atoms with Gasteiger partial charge < -0.3 is 11.1 Å². The molecule has 1 aliphatic rings. The Kier molecular flexibility index (Phi) is 2.85. The van der Waals surface area contributed by atoms with E-state index >= 15 is 0 Å². The van der Waals surface area contributed by atoms with Crippen LogP contribution in [0.15, 0.2) is 18.2 Å². The van der Waals surface area contributed by atoms with Crippen molar-refractivity contribution in [2.24, 2.45) is 5.92 Å². The van der Waals surface area contributed by atoms with Crippen LogP contribution in [0, 0.1) is 12.8 Å². The molecule has 2 atom stereocenters. The summed E-state index contributed by atoms with van der Waals surface area (Å²) in [6.45, 7) is 4.45. The monoisotopic (exact) mass is 204 g/mol. The summed E-state index contributed by atoms with van der Waals surface area (Å²) in [6, 6.07) is 6.71. The van der Waals surface area contributed by atoms with Gasteiger partial charge in [-0.25, -0.2) is 0 Å². The lowest BCUT2D eigenvalue weighted by atomic mass is 10.1. The molecule has 0 amide bonds. The van der Waals surface area contributed by atoms with Crippen molar-refractivity contribution in [1.29, 1.82) is 0 Å². The van der Waals surface area contributed by atoms with Crippen molar-refractivity contribution in [3.05, 3.63) is 23.8 Å². The average molecular weight is 204 g/mol. The summed E-state index contributed by atoms with van der Waals surface area (Å²) >= 11 is 0. The molecule has 0 bridgehead atoms. The standard InChI is InChI=1S/C13H20N2/c1-9-4-3-5-12(9)15-13-8-11(14)7-6-10(13)2/h6-9,12,15H,3-5,14H2,1-2H3. The number of hydrogen-bond donors (Lipinski definition) is 2. The molecule has 1 aromatic carbocycles. The van der Waals surface area contributed by atoms with Gasteiger partial charge in [-0.1, -0.05) is 19.4 Å². The maximum absolute atomic E-state index is 5.80. The fourth-order valence-corrected chi connectivity index (χ4v) is 2.35. The first-order valence-electron chi connectivity index (χ1n) is 5.79. The van der Waals surface area contributed by atoms with E-state index < -0.39 is 0 Å². The second kappa shape index (κ2) is 4.13. The molecule has 82 valence electrons. The lowest BCUT2D eigenvalue weighted by molar-refractivity contribution is 0.556. The number of aryl methyl sites for hydroxylation is 1. The second-order valence-electron chi connectivity index (χ2n) is 4.73. The van der Waals surface area contributed by atoms with Crippen molar-refractivity contribution in [2.75, 3.05) is 11.1 Å². The number of anilines is 2. The van der Waals surface area contributed by atoms with E-state index in [9.17, 15) is 0 Å². The van der Waals surface area contributed by atoms with Gasteiger partial charge in [-0.05, 0) is 43.4 Å². The van der Waals surface area contributed by atoms with Crippen molar-refractivity contribution < 1.29 is 0 Å². The van der Waals surface area contributed by atoms with E-state index in [1.807, 2.05) is 12.1 Å². The molecule has 15 heavy (non-hydrogen) atoms. The normalized spacial score (nSPS) is 25.5. The highest BCUT2D eigenvalue weighted by atomic mass is 14.9. The van der Waals surface area contributed by atoms with Gasteiger partial charge in [0.25, 0.3) is 0 Å². The summed E-state index contributed by atoms with van der Waals surface area (Å²) in [5.74, 6) is 0.783. The van der Waals surface area contributed by atoms with Crippen LogP contribution in [-0.2, 0) is 0 Å². The molecule has 2 heteroatoms. The zero-order valence-electron chi connectivity index (χ0n) is 9.59. The molecule has 1 fully saturated rings. The molecule has 0 radical (unpaired) electrons. The third-order valence-electron chi connectivity index (χ3n) is 3.46. The first-order chi connectivity index (χ1) is 7.16. The SMILES string of the molecule is Cc1ccc(N)cc1NC1CCCC1C. The Balaban J connectivity index is 2.12. The van der Waals surface area contributed by atoms with E-state index in [1.165, 1.54) is 30.5 Å². The van der Waals surface area contributed by atoms with Crippen LogP contribution in [0.2, 0.25) is 0 Å². The Morgan fingerprint density at radius 3 is 2.80 bits per heavy atom. The average Bonchev–Trinajstić information content (AvgIpc) is 2.58.